The second-order valence-corrected chi connectivity index (χ2v) is 5.48. The Morgan fingerprint density at radius 2 is 0.889 bits per heavy atom. The quantitative estimate of drug-likeness (QED) is 0.335. The van der Waals surface area contributed by atoms with E-state index in [1.165, 1.54) is 0 Å². The van der Waals surface area contributed by atoms with E-state index in [0.29, 0.717) is 0 Å². The Balaban J connectivity index is -0.00000128. The Morgan fingerprint density at radius 3 is 1.00 bits per heavy atom. The van der Waals surface area contributed by atoms with Gasteiger partial charge in [-0.25, -0.2) is 0 Å². The Kier molecular flexibility index (Phi) is 6.44. The average Bonchev–Trinajstić information content (AvgIpc) is 1.98. The zero-order valence-corrected chi connectivity index (χ0v) is 12.9. The van der Waals surface area contributed by atoms with Gasteiger partial charge in [0.2, 0.25) is 0 Å². The molecule has 0 bridgehead atoms. The van der Waals surface area contributed by atoms with Crippen molar-refractivity contribution in [3.63, 3.8) is 0 Å². The van der Waals surface area contributed by atoms with E-state index in [-0.39, 0.29) is 52.8 Å². The molecule has 0 aromatic carbocycles. The van der Waals surface area contributed by atoms with Crippen LogP contribution in [-0.2, 0) is 20.2 Å². The topological polar surface area (TPSA) is 109 Å². The van der Waals surface area contributed by atoms with E-state index in [1.54, 1.807) is 0 Å². The van der Waals surface area contributed by atoms with Crippen LogP contribution in [0.15, 0.2) is 0 Å². The summed E-state index contributed by atoms with van der Waals surface area (Å²) < 4.78 is 128. The molecule has 15 heteroatoms. The largest absolute Gasteiger partial charge is 1.00 e. The summed E-state index contributed by atoms with van der Waals surface area (Å²) in [5.41, 5.74) is 0. The van der Waals surface area contributed by atoms with Gasteiger partial charge in [-0.1, -0.05) is 0 Å². The van der Waals surface area contributed by atoms with Crippen LogP contribution in [0.25, 0.3) is 0 Å². The van der Waals surface area contributed by atoms with E-state index in [1.807, 2.05) is 0 Å². The maximum absolute atomic E-state index is 12.4. The van der Waals surface area contributed by atoms with Gasteiger partial charge in [0.25, 0.3) is 0 Å². The average molecular weight is 352 g/mol. The van der Waals surface area contributed by atoms with Crippen LogP contribution in [-0.4, -0.2) is 42.4 Å². The molecule has 6 nitrogen and oxygen atoms in total. The molecule has 0 aliphatic carbocycles. The molecule has 0 rings (SSSR count). The molecule has 0 saturated carbocycles. The van der Waals surface area contributed by atoms with Crippen molar-refractivity contribution in [2.24, 2.45) is 0 Å². The molecule has 18 heavy (non-hydrogen) atoms. The van der Waals surface area contributed by atoms with Gasteiger partial charge in [-0.05, 0) is 0 Å². The van der Waals surface area contributed by atoms with Crippen molar-refractivity contribution in [3.8, 4) is 0 Å². The molecule has 0 aliphatic rings. The summed E-state index contributed by atoms with van der Waals surface area (Å²) >= 11 is 0. The van der Waals surface area contributed by atoms with Crippen LogP contribution in [0.5, 0.6) is 0 Å². The second-order valence-electron chi connectivity index (χ2n) is 2.56. The smallest absolute Gasteiger partial charge is 1.00 e. The Labute approximate surface area is 140 Å². The summed E-state index contributed by atoms with van der Waals surface area (Å²) in [6.07, 6.45) is 0. The molecule has 0 aromatic heterocycles. The van der Waals surface area contributed by atoms with Gasteiger partial charge in [0.15, 0.2) is 0 Å². The molecule has 106 valence electrons. The van der Waals surface area contributed by atoms with Crippen molar-refractivity contribution >= 4 is 20.2 Å². The summed E-state index contributed by atoms with van der Waals surface area (Å²) in [5.74, 6) is -7.08. The molecular formula is C3H3F6KO6S2. The Bertz CT molecular complexity index is 469. The van der Waals surface area contributed by atoms with Gasteiger partial charge < -0.3 is 1.43 Å². The fourth-order valence-electron chi connectivity index (χ4n) is 0.493. The molecular weight excluding hydrogens is 349 g/mol. The molecule has 0 aliphatic heterocycles. The van der Waals surface area contributed by atoms with Crippen LogP contribution in [0.2, 0.25) is 0 Å². The molecule has 0 heterocycles. The fraction of sp³-hybridized carbons (Fsp3) is 1.00. The number of hydrogen-bond acceptors (Lipinski definition) is 4. The van der Waals surface area contributed by atoms with Crippen molar-refractivity contribution in [2.75, 3.05) is 0 Å². The monoisotopic (exact) mass is 352 g/mol. The molecule has 0 aromatic rings. The molecule has 0 atom stereocenters. The van der Waals surface area contributed by atoms with Crippen molar-refractivity contribution in [1.82, 2.24) is 0 Å². The zero-order chi connectivity index (χ0) is 14.5. The maximum atomic E-state index is 12.4. The normalized spacial score (nSPS) is 15.1. The summed E-state index contributed by atoms with van der Waals surface area (Å²) in [5, 5.41) is -13.6. The second kappa shape index (κ2) is 5.43. The minimum Gasteiger partial charge on any atom is -1.00 e. The van der Waals surface area contributed by atoms with Gasteiger partial charge >= 0.3 is 88.1 Å². The van der Waals surface area contributed by atoms with Crippen molar-refractivity contribution in [2.45, 2.75) is 16.4 Å². The molecule has 0 saturated heterocycles. The minimum atomic E-state index is -7.08. The van der Waals surface area contributed by atoms with Crippen LogP contribution >= 0.6 is 0 Å². The third kappa shape index (κ3) is 3.19. The van der Waals surface area contributed by atoms with Gasteiger partial charge in [-0.3, -0.25) is 9.11 Å². The summed E-state index contributed by atoms with van der Waals surface area (Å²) in [6, 6.07) is 0. The first-order chi connectivity index (χ1) is 7.00. The van der Waals surface area contributed by atoms with Crippen LogP contribution in [0.1, 0.15) is 1.43 Å². The number of hydrogen-bond donors (Lipinski definition) is 2. The molecule has 0 unspecified atom stereocenters. The molecule has 0 amide bonds. The van der Waals surface area contributed by atoms with E-state index in [4.69, 9.17) is 9.11 Å². The predicted molar refractivity (Wildman–Crippen MR) is 39.1 cm³/mol. The van der Waals surface area contributed by atoms with Crippen molar-refractivity contribution in [3.05, 3.63) is 0 Å². The summed E-state index contributed by atoms with van der Waals surface area (Å²) in [7, 11) is -14.1. The molecule has 0 spiro atoms. The van der Waals surface area contributed by atoms with Crippen LogP contribution in [0, 0.1) is 0 Å². The SMILES string of the molecule is O=S(=O)(O)C(F)(F)C(F)(F)C(F)(F)S(=O)(=O)O.[H-].[K+]. The number of rotatable bonds is 4. The predicted octanol–water partition coefficient (Wildman–Crippen LogP) is -2.30. The standard InChI is InChI=1S/C3H2F6O6S2.K.H/c4-1(5,2(6,7)16(10,11)12)3(8,9)17(13,14)15;;/h(H,10,11,12)(H,13,14,15);;/q;+1;-1. The molecule has 2 N–H and O–H groups in total. The third-order valence-electron chi connectivity index (χ3n) is 1.38. The van der Waals surface area contributed by atoms with Gasteiger partial charge in [-0.2, -0.15) is 43.2 Å². The first kappa shape index (κ1) is 21.3. The molecule has 0 fully saturated rings. The van der Waals surface area contributed by atoms with E-state index >= 15 is 0 Å². The van der Waals surface area contributed by atoms with Gasteiger partial charge in [-0.15, -0.1) is 0 Å². The maximum Gasteiger partial charge on any atom is 1.00 e. The summed E-state index contributed by atoms with van der Waals surface area (Å²) in [6.45, 7) is 0. The van der Waals surface area contributed by atoms with E-state index in [0.717, 1.165) is 0 Å². The van der Waals surface area contributed by atoms with E-state index in [2.05, 4.69) is 0 Å². The van der Waals surface area contributed by atoms with Crippen molar-refractivity contribution in [1.29, 1.82) is 0 Å². The first-order valence-corrected chi connectivity index (χ1v) is 5.95. The zero-order valence-electron chi connectivity index (χ0n) is 9.11. The van der Waals surface area contributed by atoms with E-state index < -0.39 is 36.7 Å². The van der Waals surface area contributed by atoms with Crippen LogP contribution < -0.4 is 51.4 Å². The van der Waals surface area contributed by atoms with Crippen LogP contribution in [0.4, 0.5) is 26.3 Å². The van der Waals surface area contributed by atoms with Gasteiger partial charge in [0.05, 0.1) is 0 Å². The van der Waals surface area contributed by atoms with E-state index in [9.17, 15) is 43.2 Å². The molecule has 0 radical (unpaired) electrons. The fourth-order valence-corrected chi connectivity index (χ4v) is 1.46. The number of alkyl halides is 6. The number of halogens is 6. The van der Waals surface area contributed by atoms with Gasteiger partial charge in [0, 0.05) is 0 Å². The first-order valence-electron chi connectivity index (χ1n) is 3.07. The Morgan fingerprint density at radius 1 is 0.722 bits per heavy atom. The van der Waals surface area contributed by atoms with Crippen molar-refractivity contribution < 1.29 is 105 Å². The minimum absolute atomic E-state index is 0. The Hall–Kier alpha value is 1.04. The third-order valence-corrected chi connectivity index (χ3v) is 3.19. The summed E-state index contributed by atoms with van der Waals surface area (Å²) in [4.78, 5) is 0. The van der Waals surface area contributed by atoms with Gasteiger partial charge in [0.1, 0.15) is 0 Å². The van der Waals surface area contributed by atoms with Crippen LogP contribution in [0.3, 0.4) is 0 Å².